The van der Waals surface area contributed by atoms with Gasteiger partial charge in [-0.2, -0.15) is 0 Å². The number of aryl methyl sites for hydroxylation is 3. The van der Waals surface area contributed by atoms with Crippen molar-refractivity contribution >= 4 is 11.4 Å². The summed E-state index contributed by atoms with van der Waals surface area (Å²) in [5, 5.41) is 2.02. The summed E-state index contributed by atoms with van der Waals surface area (Å²) in [6, 6.07) is 12.5. The van der Waals surface area contributed by atoms with E-state index in [4.69, 9.17) is 4.74 Å². The van der Waals surface area contributed by atoms with Gasteiger partial charge in [0.2, 0.25) is 0 Å². The molecule has 106 valence electrons. The Kier molecular flexibility index (Phi) is 4.18. The Bertz CT molecular complexity index is 591. The highest BCUT2D eigenvalue weighted by Crippen LogP contribution is 2.28. The van der Waals surface area contributed by atoms with Crippen molar-refractivity contribution in [2.24, 2.45) is 0 Å². The van der Waals surface area contributed by atoms with Crippen LogP contribution < -0.4 is 15.2 Å². The predicted octanol–water partition coefficient (Wildman–Crippen LogP) is 4.08. The van der Waals surface area contributed by atoms with E-state index in [0.717, 1.165) is 22.7 Å². The average molecular weight is 270 g/mol. The predicted molar refractivity (Wildman–Crippen MR) is 85.7 cm³/mol. The van der Waals surface area contributed by atoms with Crippen LogP contribution in [0.25, 0.3) is 0 Å². The fourth-order valence-electron chi connectivity index (χ4n) is 2.28. The van der Waals surface area contributed by atoms with Gasteiger partial charge in [-0.1, -0.05) is 23.8 Å². The molecule has 0 aliphatic rings. The summed E-state index contributed by atoms with van der Waals surface area (Å²) < 4.78 is 5.40. The summed E-state index contributed by atoms with van der Waals surface area (Å²) >= 11 is 0. The SMILES string of the molecule is COc1cc(N(C)Nc2ccc(C)cc2)c(C)cc1C. The molecule has 0 radical (unpaired) electrons. The molecule has 0 spiro atoms. The lowest BCUT2D eigenvalue weighted by Crippen LogP contribution is -2.25. The first-order chi connectivity index (χ1) is 9.51. The number of rotatable bonds is 4. The van der Waals surface area contributed by atoms with Crippen LogP contribution in [0.2, 0.25) is 0 Å². The minimum atomic E-state index is 0.906. The van der Waals surface area contributed by atoms with E-state index in [9.17, 15) is 0 Å². The molecule has 0 aliphatic carbocycles. The number of hydrazine groups is 1. The maximum atomic E-state index is 5.40. The number of hydrogen-bond donors (Lipinski definition) is 1. The molecule has 0 unspecified atom stereocenters. The first-order valence-corrected chi connectivity index (χ1v) is 6.73. The lowest BCUT2D eigenvalue weighted by atomic mass is 10.1. The van der Waals surface area contributed by atoms with E-state index in [-0.39, 0.29) is 0 Å². The van der Waals surface area contributed by atoms with E-state index < -0.39 is 0 Å². The summed E-state index contributed by atoms with van der Waals surface area (Å²) in [7, 11) is 3.71. The molecule has 0 aliphatic heterocycles. The number of nitrogens with one attached hydrogen (secondary N) is 1. The van der Waals surface area contributed by atoms with Gasteiger partial charge in [0.1, 0.15) is 5.75 Å². The van der Waals surface area contributed by atoms with Gasteiger partial charge >= 0.3 is 0 Å². The number of ether oxygens (including phenoxy) is 1. The average Bonchev–Trinajstić information content (AvgIpc) is 2.41. The zero-order chi connectivity index (χ0) is 14.7. The Morgan fingerprint density at radius 1 is 0.950 bits per heavy atom. The number of methoxy groups -OCH3 is 1. The molecule has 20 heavy (non-hydrogen) atoms. The van der Waals surface area contributed by atoms with Crippen molar-refractivity contribution in [3.8, 4) is 5.75 Å². The smallest absolute Gasteiger partial charge is 0.123 e. The Balaban J connectivity index is 2.24. The van der Waals surface area contributed by atoms with E-state index in [1.807, 2.05) is 12.1 Å². The van der Waals surface area contributed by atoms with Crippen molar-refractivity contribution in [1.29, 1.82) is 0 Å². The maximum absolute atomic E-state index is 5.40. The monoisotopic (exact) mass is 270 g/mol. The fraction of sp³-hybridized carbons (Fsp3) is 0.294. The summed E-state index contributed by atoms with van der Waals surface area (Å²) in [4.78, 5) is 0. The Labute approximate surface area is 121 Å². The van der Waals surface area contributed by atoms with Crippen molar-refractivity contribution in [2.75, 3.05) is 24.6 Å². The van der Waals surface area contributed by atoms with Crippen LogP contribution in [0.4, 0.5) is 11.4 Å². The summed E-state index contributed by atoms with van der Waals surface area (Å²) in [5.41, 5.74) is 9.17. The van der Waals surface area contributed by atoms with Crippen LogP contribution >= 0.6 is 0 Å². The minimum Gasteiger partial charge on any atom is -0.496 e. The molecule has 0 bridgehead atoms. The van der Waals surface area contributed by atoms with Gasteiger partial charge in [0.15, 0.2) is 0 Å². The van der Waals surface area contributed by atoms with E-state index in [0.29, 0.717) is 0 Å². The highest BCUT2D eigenvalue weighted by Gasteiger charge is 2.09. The van der Waals surface area contributed by atoms with Crippen LogP contribution in [0.1, 0.15) is 16.7 Å². The van der Waals surface area contributed by atoms with E-state index >= 15 is 0 Å². The largest absolute Gasteiger partial charge is 0.496 e. The van der Waals surface area contributed by atoms with Gasteiger partial charge in [0, 0.05) is 13.1 Å². The molecule has 0 aromatic heterocycles. The molecular weight excluding hydrogens is 248 g/mol. The second-order valence-corrected chi connectivity index (χ2v) is 5.15. The number of hydrogen-bond acceptors (Lipinski definition) is 3. The zero-order valence-corrected chi connectivity index (χ0v) is 12.8. The van der Waals surface area contributed by atoms with Crippen LogP contribution in [0.5, 0.6) is 5.75 Å². The van der Waals surface area contributed by atoms with Gasteiger partial charge in [0.25, 0.3) is 0 Å². The molecule has 1 N–H and O–H groups in total. The van der Waals surface area contributed by atoms with E-state index in [2.05, 4.69) is 62.6 Å². The molecule has 2 rings (SSSR count). The third-order valence-electron chi connectivity index (χ3n) is 3.42. The zero-order valence-electron chi connectivity index (χ0n) is 12.8. The first-order valence-electron chi connectivity index (χ1n) is 6.73. The second kappa shape index (κ2) is 5.87. The third kappa shape index (κ3) is 3.05. The van der Waals surface area contributed by atoms with Gasteiger partial charge in [-0.3, -0.25) is 10.4 Å². The highest BCUT2D eigenvalue weighted by atomic mass is 16.5. The molecule has 0 saturated carbocycles. The molecule has 2 aromatic rings. The van der Waals surface area contributed by atoms with Crippen LogP contribution in [-0.4, -0.2) is 14.2 Å². The van der Waals surface area contributed by atoms with Crippen molar-refractivity contribution < 1.29 is 4.74 Å². The van der Waals surface area contributed by atoms with E-state index in [1.54, 1.807) is 7.11 Å². The lowest BCUT2D eigenvalue weighted by Gasteiger charge is -2.24. The van der Waals surface area contributed by atoms with Gasteiger partial charge in [-0.15, -0.1) is 0 Å². The van der Waals surface area contributed by atoms with Crippen molar-refractivity contribution in [3.05, 3.63) is 53.1 Å². The molecular formula is C17H22N2O. The van der Waals surface area contributed by atoms with Crippen LogP contribution in [0, 0.1) is 20.8 Å². The quantitative estimate of drug-likeness (QED) is 0.847. The second-order valence-electron chi connectivity index (χ2n) is 5.15. The Morgan fingerprint density at radius 3 is 2.20 bits per heavy atom. The van der Waals surface area contributed by atoms with Gasteiger partial charge in [0.05, 0.1) is 18.5 Å². The van der Waals surface area contributed by atoms with Crippen LogP contribution in [-0.2, 0) is 0 Å². The first kappa shape index (κ1) is 14.3. The summed E-state index contributed by atoms with van der Waals surface area (Å²) in [6.45, 7) is 6.25. The number of anilines is 2. The number of benzene rings is 2. The summed E-state index contributed by atoms with van der Waals surface area (Å²) in [6.07, 6.45) is 0. The third-order valence-corrected chi connectivity index (χ3v) is 3.42. The van der Waals surface area contributed by atoms with Crippen molar-refractivity contribution in [3.63, 3.8) is 0 Å². The van der Waals surface area contributed by atoms with Gasteiger partial charge < -0.3 is 4.74 Å². The Morgan fingerprint density at radius 2 is 1.60 bits per heavy atom. The van der Waals surface area contributed by atoms with Gasteiger partial charge in [-0.05, 0) is 44.0 Å². The summed E-state index contributed by atoms with van der Waals surface area (Å²) in [5.74, 6) is 0.906. The molecule has 3 heteroatoms. The normalized spacial score (nSPS) is 10.2. The molecule has 0 amide bonds. The topological polar surface area (TPSA) is 24.5 Å². The lowest BCUT2D eigenvalue weighted by molar-refractivity contribution is 0.411. The minimum absolute atomic E-state index is 0.906. The van der Waals surface area contributed by atoms with Crippen molar-refractivity contribution in [2.45, 2.75) is 20.8 Å². The molecule has 0 atom stereocenters. The molecule has 0 fully saturated rings. The van der Waals surface area contributed by atoms with Crippen LogP contribution in [0.3, 0.4) is 0 Å². The standard InChI is InChI=1S/C17H22N2O/c1-12-6-8-15(9-7-12)18-19(4)16-11-17(20-5)14(3)10-13(16)2/h6-11,18H,1-5H3. The molecule has 2 aromatic carbocycles. The maximum Gasteiger partial charge on any atom is 0.123 e. The fourth-order valence-corrected chi connectivity index (χ4v) is 2.28. The van der Waals surface area contributed by atoms with Crippen molar-refractivity contribution in [1.82, 2.24) is 0 Å². The molecule has 0 saturated heterocycles. The number of nitrogens with zero attached hydrogens (tertiary/aromatic N) is 1. The highest BCUT2D eigenvalue weighted by molar-refractivity contribution is 5.62. The van der Waals surface area contributed by atoms with Crippen LogP contribution in [0.15, 0.2) is 36.4 Å². The molecule has 0 heterocycles. The Hall–Kier alpha value is -2.16. The molecule has 3 nitrogen and oxygen atoms in total. The van der Waals surface area contributed by atoms with Gasteiger partial charge in [-0.25, -0.2) is 0 Å². The van der Waals surface area contributed by atoms with E-state index in [1.165, 1.54) is 11.1 Å².